The average molecular weight is 422 g/mol. The van der Waals surface area contributed by atoms with E-state index in [1.165, 1.54) is 18.2 Å². The molecule has 1 aromatic rings. The van der Waals surface area contributed by atoms with Crippen LogP contribution < -0.4 is 0 Å². The van der Waals surface area contributed by atoms with Crippen LogP contribution in [0.1, 0.15) is 35.8 Å². The van der Waals surface area contributed by atoms with Gasteiger partial charge in [0.2, 0.25) is 10.0 Å². The highest BCUT2D eigenvalue weighted by Crippen LogP contribution is 2.47. The molecular weight excluding hydrogens is 398 g/mol. The van der Waals surface area contributed by atoms with Gasteiger partial charge < -0.3 is 4.90 Å². The molecule has 150 valence electrons. The molecule has 0 bridgehead atoms. The van der Waals surface area contributed by atoms with Crippen LogP contribution in [0.15, 0.2) is 53.1 Å². The van der Waals surface area contributed by atoms with E-state index in [0.29, 0.717) is 23.7 Å². The number of aromatic nitrogens is 1. The lowest BCUT2D eigenvalue weighted by atomic mass is 10.1. The summed E-state index contributed by atoms with van der Waals surface area (Å²) < 4.78 is 27.7. The normalized spacial score (nSPS) is 20.3. The maximum Gasteiger partial charge on any atom is 0.255 e. The molecule has 1 aliphatic heterocycles. The van der Waals surface area contributed by atoms with Gasteiger partial charge in [-0.2, -0.15) is 4.31 Å². The van der Waals surface area contributed by atoms with Crippen LogP contribution in [0.2, 0.25) is 0 Å². The number of allylic oxidation sites excluding steroid dienone is 5. The van der Waals surface area contributed by atoms with Gasteiger partial charge in [0.15, 0.2) is 0 Å². The zero-order valence-electron chi connectivity index (χ0n) is 16.1. The van der Waals surface area contributed by atoms with Gasteiger partial charge in [0.05, 0.1) is 16.0 Å². The van der Waals surface area contributed by atoms with E-state index >= 15 is 0 Å². The molecule has 6 nitrogen and oxygen atoms in total. The van der Waals surface area contributed by atoms with Crippen molar-refractivity contribution in [2.45, 2.75) is 32.2 Å². The lowest BCUT2D eigenvalue weighted by molar-refractivity contribution is 0.0601. The number of piperazine rings is 1. The molecule has 1 amide bonds. The van der Waals surface area contributed by atoms with E-state index in [2.05, 4.69) is 11.6 Å². The number of nitrogens with zero attached hydrogens (tertiary/aromatic N) is 3. The third-order valence-electron chi connectivity index (χ3n) is 5.23. The van der Waals surface area contributed by atoms with E-state index in [9.17, 15) is 13.2 Å². The van der Waals surface area contributed by atoms with E-state index in [1.807, 2.05) is 6.92 Å². The van der Waals surface area contributed by atoms with Crippen LogP contribution in [-0.4, -0.2) is 53.7 Å². The van der Waals surface area contributed by atoms with Gasteiger partial charge in [0.1, 0.15) is 0 Å². The monoisotopic (exact) mass is 421 g/mol. The van der Waals surface area contributed by atoms with Crippen LogP contribution >= 0.6 is 11.6 Å². The number of pyridine rings is 1. The van der Waals surface area contributed by atoms with Crippen molar-refractivity contribution in [1.82, 2.24) is 14.2 Å². The molecule has 28 heavy (non-hydrogen) atoms. The second kappa shape index (κ2) is 7.81. The number of carbonyl (C=O) groups is 1. The number of carbonyl (C=O) groups excluding carboxylic acids is 1. The van der Waals surface area contributed by atoms with Crippen molar-refractivity contribution in [2.24, 2.45) is 0 Å². The maximum atomic E-state index is 13.1. The van der Waals surface area contributed by atoms with Gasteiger partial charge in [0, 0.05) is 36.6 Å². The van der Waals surface area contributed by atoms with Crippen molar-refractivity contribution in [1.29, 1.82) is 0 Å². The summed E-state index contributed by atoms with van der Waals surface area (Å²) in [4.78, 5) is 18.9. The van der Waals surface area contributed by atoms with Crippen molar-refractivity contribution in [3.05, 3.63) is 64.3 Å². The maximum absolute atomic E-state index is 13.1. The first-order valence-corrected chi connectivity index (χ1v) is 10.9. The van der Waals surface area contributed by atoms with Crippen molar-refractivity contribution >= 4 is 27.5 Å². The molecule has 2 heterocycles. The summed E-state index contributed by atoms with van der Waals surface area (Å²) in [7, 11) is -3.62. The molecule has 3 rings (SSSR count). The van der Waals surface area contributed by atoms with Crippen molar-refractivity contribution in [3.63, 3.8) is 0 Å². The Morgan fingerprint density at radius 3 is 2.57 bits per heavy atom. The Morgan fingerprint density at radius 2 is 2.00 bits per heavy atom. The number of aryl methyl sites for hydroxylation is 1. The van der Waals surface area contributed by atoms with Gasteiger partial charge in [-0.1, -0.05) is 24.3 Å². The summed E-state index contributed by atoms with van der Waals surface area (Å²) in [6.07, 6.45) is 7.53. The molecule has 2 fully saturated rings. The Hall–Kier alpha value is -1.96. The number of hydrogen-bond acceptors (Lipinski definition) is 4. The molecular formula is C20H24ClN3O3S. The van der Waals surface area contributed by atoms with Crippen LogP contribution in [0.25, 0.3) is 0 Å². The largest absolute Gasteiger partial charge is 0.335 e. The summed E-state index contributed by atoms with van der Waals surface area (Å²) in [6, 6.07) is 3.56. The minimum Gasteiger partial charge on any atom is -0.335 e. The first-order chi connectivity index (χ1) is 13.2. The second-order valence-corrected chi connectivity index (χ2v) is 9.72. The fourth-order valence-corrected chi connectivity index (χ4v) is 5.09. The predicted molar refractivity (Wildman–Crippen MR) is 110 cm³/mol. The minimum absolute atomic E-state index is 0.108. The third-order valence-corrected chi connectivity index (χ3v) is 7.61. The number of sulfonamides is 1. The Kier molecular flexibility index (Phi) is 5.79. The molecule has 1 saturated carbocycles. The first-order valence-electron chi connectivity index (χ1n) is 9.11. The molecule has 1 aromatic heterocycles. The standard InChI is InChI=1S/C20H24ClN3O3S/c1-4-18(21)8-6-16(3)28(26,27)24-12-11-23(14-20(24)9-10-20)19(25)17-7-5-15(2)22-13-17/h4-8,13H,1,9-12,14H2,2-3H3/b16-6+,18-8+. The van der Waals surface area contributed by atoms with Gasteiger partial charge in [-0.15, -0.1) is 0 Å². The molecule has 0 aromatic carbocycles. The Morgan fingerprint density at radius 1 is 1.29 bits per heavy atom. The third kappa shape index (κ3) is 4.06. The van der Waals surface area contributed by atoms with Crippen molar-refractivity contribution < 1.29 is 13.2 Å². The van der Waals surface area contributed by atoms with Crippen molar-refractivity contribution in [3.8, 4) is 0 Å². The molecule has 1 saturated heterocycles. The molecule has 0 atom stereocenters. The Bertz CT molecular complexity index is 947. The Balaban J connectivity index is 1.78. The lowest BCUT2D eigenvalue weighted by Gasteiger charge is -2.41. The van der Waals surface area contributed by atoms with E-state index in [0.717, 1.165) is 18.5 Å². The van der Waals surface area contributed by atoms with Crippen LogP contribution in [0.4, 0.5) is 0 Å². The van der Waals surface area contributed by atoms with Crippen LogP contribution in [0.3, 0.4) is 0 Å². The molecule has 0 unspecified atom stereocenters. The van der Waals surface area contributed by atoms with Gasteiger partial charge in [-0.05, 0) is 51.0 Å². The van der Waals surface area contributed by atoms with Gasteiger partial charge in [-0.3, -0.25) is 9.78 Å². The summed E-state index contributed by atoms with van der Waals surface area (Å²) in [5.41, 5.74) is 0.864. The van der Waals surface area contributed by atoms with E-state index in [4.69, 9.17) is 11.6 Å². The molecule has 1 spiro atoms. The predicted octanol–water partition coefficient (Wildman–Crippen LogP) is 3.22. The summed E-state index contributed by atoms with van der Waals surface area (Å²) in [5.74, 6) is -0.108. The molecule has 0 radical (unpaired) electrons. The number of halogens is 1. The second-order valence-electron chi connectivity index (χ2n) is 7.25. The average Bonchev–Trinajstić information content (AvgIpc) is 3.44. The quantitative estimate of drug-likeness (QED) is 0.684. The lowest BCUT2D eigenvalue weighted by Crippen LogP contribution is -2.58. The van der Waals surface area contributed by atoms with Gasteiger partial charge in [0.25, 0.3) is 5.91 Å². The van der Waals surface area contributed by atoms with E-state index in [-0.39, 0.29) is 17.4 Å². The fraction of sp³-hybridized carbons (Fsp3) is 0.400. The Labute approximate surface area is 171 Å². The highest BCUT2D eigenvalue weighted by atomic mass is 35.5. The summed E-state index contributed by atoms with van der Waals surface area (Å²) in [5, 5.41) is 0.373. The molecule has 1 aliphatic carbocycles. The van der Waals surface area contributed by atoms with Crippen LogP contribution in [-0.2, 0) is 10.0 Å². The minimum atomic E-state index is -3.62. The highest BCUT2D eigenvalue weighted by molar-refractivity contribution is 7.93. The fourth-order valence-electron chi connectivity index (χ4n) is 3.36. The van der Waals surface area contributed by atoms with Gasteiger partial charge in [-0.25, -0.2) is 8.42 Å². The highest BCUT2D eigenvalue weighted by Gasteiger charge is 2.56. The van der Waals surface area contributed by atoms with Crippen molar-refractivity contribution in [2.75, 3.05) is 19.6 Å². The van der Waals surface area contributed by atoms with Gasteiger partial charge >= 0.3 is 0 Å². The molecule has 8 heteroatoms. The summed E-state index contributed by atoms with van der Waals surface area (Å²) in [6.45, 7) is 8.00. The van der Waals surface area contributed by atoms with Crippen LogP contribution in [0, 0.1) is 6.92 Å². The van der Waals surface area contributed by atoms with E-state index in [1.54, 1.807) is 34.5 Å². The zero-order chi connectivity index (χ0) is 20.5. The summed E-state index contributed by atoms with van der Waals surface area (Å²) >= 11 is 5.88. The first kappa shape index (κ1) is 20.8. The topological polar surface area (TPSA) is 70.6 Å². The van der Waals surface area contributed by atoms with Crippen LogP contribution in [0.5, 0.6) is 0 Å². The molecule has 0 N–H and O–H groups in total. The number of rotatable bonds is 5. The SMILES string of the molecule is C=C/C(Cl)=C\C=C(/C)S(=O)(=O)N1CCN(C(=O)c2ccc(C)nc2)CC12CC2. The smallest absolute Gasteiger partial charge is 0.255 e. The number of amides is 1. The van der Waals surface area contributed by atoms with E-state index < -0.39 is 15.6 Å². The zero-order valence-corrected chi connectivity index (χ0v) is 17.6. The molecule has 2 aliphatic rings. The number of hydrogen-bond donors (Lipinski definition) is 0.